The van der Waals surface area contributed by atoms with Gasteiger partial charge in [0.15, 0.2) is 11.5 Å². The molecule has 0 heterocycles. The van der Waals surface area contributed by atoms with Crippen molar-refractivity contribution < 1.29 is 19.5 Å². The molecule has 1 N–H and O–H groups in total. The Morgan fingerprint density at radius 2 is 2.00 bits per heavy atom. The van der Waals surface area contributed by atoms with Gasteiger partial charge in [-0.05, 0) is 11.6 Å². The summed E-state index contributed by atoms with van der Waals surface area (Å²) in [7, 11) is 1.51. The Bertz CT molecular complexity index is 619. The van der Waals surface area contributed by atoms with Gasteiger partial charge in [-0.1, -0.05) is 24.3 Å². The van der Waals surface area contributed by atoms with Gasteiger partial charge in [0.2, 0.25) is 0 Å². The normalized spacial score (nSPS) is 10.2. The van der Waals surface area contributed by atoms with Crippen LogP contribution in [-0.4, -0.2) is 17.1 Å². The summed E-state index contributed by atoms with van der Waals surface area (Å²) in [6.45, 7) is -0.0312. The number of nitro groups is 1. The van der Waals surface area contributed by atoms with E-state index in [0.29, 0.717) is 22.6 Å². The van der Waals surface area contributed by atoms with Crippen molar-refractivity contribution >= 4 is 5.69 Å². The molecule has 2 aromatic carbocycles. The third kappa shape index (κ3) is 3.49. The molecule has 21 heavy (non-hydrogen) atoms. The maximum Gasteiger partial charge on any atom is 0.269 e. The number of benzene rings is 2. The Hall–Kier alpha value is -2.60. The Balaban J connectivity index is 2.20. The number of non-ortho nitro benzene ring substituents is 1. The number of ether oxygens (including phenoxy) is 2. The van der Waals surface area contributed by atoms with Crippen LogP contribution < -0.4 is 9.47 Å². The number of nitrogens with zero attached hydrogens (tertiary/aromatic N) is 1. The van der Waals surface area contributed by atoms with Crippen LogP contribution >= 0.6 is 0 Å². The minimum absolute atomic E-state index is 0.0125. The monoisotopic (exact) mass is 289 g/mol. The second-order valence-corrected chi connectivity index (χ2v) is 4.32. The van der Waals surface area contributed by atoms with Gasteiger partial charge in [-0.3, -0.25) is 10.1 Å². The summed E-state index contributed by atoms with van der Waals surface area (Å²) >= 11 is 0. The van der Waals surface area contributed by atoms with Crippen LogP contribution in [0.5, 0.6) is 11.5 Å². The molecule has 0 unspecified atom stereocenters. The number of aliphatic hydroxyl groups excluding tert-OH is 1. The highest BCUT2D eigenvalue weighted by molar-refractivity contribution is 5.46. The van der Waals surface area contributed by atoms with E-state index in [0.717, 1.165) is 0 Å². The SMILES string of the molecule is COc1cccc(CO)c1OCc1cccc([N+](=O)[O-])c1. The van der Waals surface area contributed by atoms with Crippen molar-refractivity contribution in [3.8, 4) is 11.5 Å². The molecule has 110 valence electrons. The van der Waals surface area contributed by atoms with Gasteiger partial charge in [0.05, 0.1) is 18.6 Å². The molecule has 2 rings (SSSR count). The van der Waals surface area contributed by atoms with Crippen LogP contribution in [0.25, 0.3) is 0 Å². The van der Waals surface area contributed by atoms with E-state index in [9.17, 15) is 15.2 Å². The van der Waals surface area contributed by atoms with Crippen LogP contribution in [0.2, 0.25) is 0 Å². The number of rotatable bonds is 6. The van der Waals surface area contributed by atoms with Crippen LogP contribution in [-0.2, 0) is 13.2 Å². The Labute approximate surface area is 121 Å². The number of nitro benzene ring substituents is 1. The molecule has 0 aliphatic carbocycles. The highest BCUT2D eigenvalue weighted by Crippen LogP contribution is 2.32. The number of hydrogen-bond donors (Lipinski definition) is 1. The minimum atomic E-state index is -0.453. The third-order valence-corrected chi connectivity index (χ3v) is 2.96. The minimum Gasteiger partial charge on any atom is -0.493 e. The summed E-state index contributed by atoms with van der Waals surface area (Å²) in [4.78, 5) is 10.3. The molecule has 6 heteroatoms. The molecular weight excluding hydrogens is 274 g/mol. The van der Waals surface area contributed by atoms with Gasteiger partial charge in [-0.15, -0.1) is 0 Å². The molecule has 0 saturated carbocycles. The molecule has 0 saturated heterocycles. The van der Waals surface area contributed by atoms with Gasteiger partial charge in [-0.25, -0.2) is 0 Å². The Kier molecular flexibility index (Phi) is 4.73. The second kappa shape index (κ2) is 6.71. The van der Waals surface area contributed by atoms with E-state index in [1.807, 2.05) is 0 Å². The maximum atomic E-state index is 10.7. The number of para-hydroxylation sites is 1. The fraction of sp³-hybridized carbons (Fsp3) is 0.200. The fourth-order valence-electron chi connectivity index (χ4n) is 1.93. The maximum absolute atomic E-state index is 10.7. The van der Waals surface area contributed by atoms with Gasteiger partial charge >= 0.3 is 0 Å². The average Bonchev–Trinajstić information content (AvgIpc) is 2.52. The van der Waals surface area contributed by atoms with Gasteiger partial charge in [0, 0.05) is 17.7 Å². The molecule has 0 fully saturated rings. The molecule has 6 nitrogen and oxygen atoms in total. The molecule has 0 spiro atoms. The molecule has 0 amide bonds. The van der Waals surface area contributed by atoms with Crippen molar-refractivity contribution in [3.63, 3.8) is 0 Å². The zero-order chi connectivity index (χ0) is 15.2. The van der Waals surface area contributed by atoms with E-state index in [1.165, 1.54) is 19.2 Å². The molecule has 0 aliphatic rings. The number of aliphatic hydroxyl groups is 1. The summed E-state index contributed by atoms with van der Waals surface area (Å²) < 4.78 is 10.9. The Morgan fingerprint density at radius 3 is 2.67 bits per heavy atom. The van der Waals surface area contributed by atoms with Crippen molar-refractivity contribution in [1.29, 1.82) is 0 Å². The van der Waals surface area contributed by atoms with E-state index >= 15 is 0 Å². The van der Waals surface area contributed by atoms with E-state index in [4.69, 9.17) is 9.47 Å². The fourth-order valence-corrected chi connectivity index (χ4v) is 1.93. The summed E-state index contributed by atoms with van der Waals surface area (Å²) in [5.74, 6) is 0.945. The molecule has 0 aromatic heterocycles. The smallest absolute Gasteiger partial charge is 0.269 e. The van der Waals surface area contributed by atoms with Crippen LogP contribution in [0.4, 0.5) is 5.69 Å². The molecule has 0 aliphatic heterocycles. The first kappa shape index (κ1) is 14.8. The van der Waals surface area contributed by atoms with E-state index in [1.54, 1.807) is 30.3 Å². The lowest BCUT2D eigenvalue weighted by atomic mass is 10.2. The quantitative estimate of drug-likeness (QED) is 0.653. The van der Waals surface area contributed by atoms with E-state index in [2.05, 4.69) is 0 Å². The van der Waals surface area contributed by atoms with Gasteiger partial charge in [0.1, 0.15) is 6.61 Å². The predicted molar refractivity (Wildman–Crippen MR) is 76.3 cm³/mol. The summed E-state index contributed by atoms with van der Waals surface area (Å²) in [5, 5.41) is 20.1. The number of hydrogen-bond acceptors (Lipinski definition) is 5. The number of methoxy groups -OCH3 is 1. The van der Waals surface area contributed by atoms with Crippen molar-refractivity contribution in [2.24, 2.45) is 0 Å². The highest BCUT2D eigenvalue weighted by atomic mass is 16.6. The van der Waals surface area contributed by atoms with E-state index in [-0.39, 0.29) is 18.9 Å². The van der Waals surface area contributed by atoms with Crippen LogP contribution in [0.15, 0.2) is 42.5 Å². The summed E-state index contributed by atoms with van der Waals surface area (Å²) in [5.41, 5.74) is 1.28. The Morgan fingerprint density at radius 1 is 1.24 bits per heavy atom. The van der Waals surface area contributed by atoms with Crippen molar-refractivity contribution in [1.82, 2.24) is 0 Å². The zero-order valence-electron chi connectivity index (χ0n) is 11.5. The standard InChI is InChI=1S/C15H15NO5/c1-20-14-7-3-5-12(9-17)15(14)21-10-11-4-2-6-13(8-11)16(18)19/h2-8,17H,9-10H2,1H3. The predicted octanol–water partition coefficient (Wildman–Crippen LogP) is 2.67. The molecular formula is C15H15NO5. The van der Waals surface area contributed by atoms with Crippen LogP contribution in [0.3, 0.4) is 0 Å². The summed E-state index contributed by atoms with van der Waals surface area (Å²) in [6, 6.07) is 11.4. The second-order valence-electron chi connectivity index (χ2n) is 4.32. The molecule has 2 aromatic rings. The van der Waals surface area contributed by atoms with Gasteiger partial charge in [0.25, 0.3) is 5.69 Å². The largest absolute Gasteiger partial charge is 0.493 e. The van der Waals surface area contributed by atoms with Crippen LogP contribution in [0, 0.1) is 10.1 Å². The van der Waals surface area contributed by atoms with Crippen LogP contribution in [0.1, 0.15) is 11.1 Å². The molecule has 0 radical (unpaired) electrons. The lowest BCUT2D eigenvalue weighted by molar-refractivity contribution is -0.384. The van der Waals surface area contributed by atoms with Crippen molar-refractivity contribution in [2.75, 3.05) is 7.11 Å². The van der Waals surface area contributed by atoms with Crippen molar-refractivity contribution in [3.05, 3.63) is 63.7 Å². The lowest BCUT2D eigenvalue weighted by Gasteiger charge is -2.13. The highest BCUT2D eigenvalue weighted by Gasteiger charge is 2.11. The zero-order valence-corrected chi connectivity index (χ0v) is 11.5. The van der Waals surface area contributed by atoms with Crippen molar-refractivity contribution in [2.45, 2.75) is 13.2 Å². The molecule has 0 atom stereocenters. The first-order valence-corrected chi connectivity index (χ1v) is 6.28. The van der Waals surface area contributed by atoms with E-state index < -0.39 is 4.92 Å². The van der Waals surface area contributed by atoms with Gasteiger partial charge < -0.3 is 14.6 Å². The third-order valence-electron chi connectivity index (χ3n) is 2.96. The first-order chi connectivity index (χ1) is 10.2. The average molecular weight is 289 g/mol. The van der Waals surface area contributed by atoms with Gasteiger partial charge in [-0.2, -0.15) is 0 Å². The summed E-state index contributed by atoms with van der Waals surface area (Å²) in [6.07, 6.45) is 0. The topological polar surface area (TPSA) is 81.8 Å². The molecule has 0 bridgehead atoms. The first-order valence-electron chi connectivity index (χ1n) is 6.28. The lowest BCUT2D eigenvalue weighted by Crippen LogP contribution is -2.01.